The molecule has 8 aromatic rings. The summed E-state index contributed by atoms with van der Waals surface area (Å²) in [6.07, 6.45) is 12.1. The largest absolute Gasteiger partial charge is 0.310 e. The second kappa shape index (κ2) is 15.4. The zero-order valence-corrected chi connectivity index (χ0v) is 33.8. The molecule has 0 heterocycles. The van der Waals surface area contributed by atoms with Crippen LogP contribution in [0.25, 0.3) is 62.7 Å². The monoisotopic (exact) mass is 757 g/mol. The lowest BCUT2D eigenvalue weighted by Crippen LogP contribution is -2.23. The molecular formula is C58H47N. The van der Waals surface area contributed by atoms with Gasteiger partial charge in [0.05, 0.1) is 0 Å². The molecule has 2 aliphatic rings. The minimum absolute atomic E-state index is 0.0629. The molecule has 59 heavy (non-hydrogen) atoms. The molecule has 0 fully saturated rings. The Bertz CT molecular complexity index is 2800. The molecule has 0 bridgehead atoms. The number of fused-ring (bicyclic) bond motifs is 4. The first kappa shape index (κ1) is 36.4. The number of rotatable bonds is 10. The molecular weight excluding hydrogens is 711 g/mol. The number of hydrogen-bond acceptors (Lipinski definition) is 1. The third-order valence-corrected chi connectivity index (χ3v) is 12.8. The van der Waals surface area contributed by atoms with E-state index in [1.54, 1.807) is 0 Å². The van der Waals surface area contributed by atoms with E-state index in [0.717, 1.165) is 30.6 Å². The summed E-state index contributed by atoms with van der Waals surface area (Å²) < 4.78 is 0. The molecule has 0 aliphatic heterocycles. The Balaban J connectivity index is 0.964. The molecule has 0 saturated heterocycles. The van der Waals surface area contributed by atoms with Crippen LogP contribution in [0.2, 0.25) is 0 Å². The predicted octanol–water partition coefficient (Wildman–Crippen LogP) is 16.0. The minimum atomic E-state index is -0.0629. The van der Waals surface area contributed by atoms with Crippen molar-refractivity contribution < 1.29 is 0 Å². The van der Waals surface area contributed by atoms with Crippen molar-refractivity contribution in [2.45, 2.75) is 38.5 Å². The van der Waals surface area contributed by atoms with Crippen molar-refractivity contribution in [3.8, 4) is 44.5 Å². The van der Waals surface area contributed by atoms with Crippen molar-refractivity contribution in [1.82, 2.24) is 0 Å². The SMILES string of the molecule is CCC1(CC)c2cc(/C=C/c3ccc(-c4cc(-c5ccccc5)ccc4-c4ccc5c(c4)CC=C5)cc3)ccc2-c2ccc(N(c3ccccc3)c3ccccc3)cc21. The normalized spacial score (nSPS) is 13.3. The average Bonchev–Trinajstić information content (AvgIpc) is 3.89. The van der Waals surface area contributed by atoms with Crippen molar-refractivity contribution in [3.63, 3.8) is 0 Å². The lowest BCUT2D eigenvalue weighted by molar-refractivity contribution is 0.490. The summed E-state index contributed by atoms with van der Waals surface area (Å²) in [6, 6.07) is 69.3. The van der Waals surface area contributed by atoms with Gasteiger partial charge in [-0.25, -0.2) is 0 Å². The molecule has 0 atom stereocenters. The second-order valence-corrected chi connectivity index (χ2v) is 15.9. The zero-order valence-electron chi connectivity index (χ0n) is 33.8. The Kier molecular flexibility index (Phi) is 9.51. The van der Waals surface area contributed by atoms with Gasteiger partial charge in [-0.05, 0) is 140 Å². The highest BCUT2D eigenvalue weighted by atomic mass is 15.1. The van der Waals surface area contributed by atoms with Crippen molar-refractivity contribution in [1.29, 1.82) is 0 Å². The Morgan fingerprint density at radius 2 is 1.02 bits per heavy atom. The molecule has 0 amide bonds. The predicted molar refractivity (Wildman–Crippen MR) is 252 cm³/mol. The van der Waals surface area contributed by atoms with Crippen LogP contribution in [0, 0.1) is 0 Å². The van der Waals surface area contributed by atoms with Crippen LogP contribution < -0.4 is 4.90 Å². The summed E-state index contributed by atoms with van der Waals surface area (Å²) in [4.78, 5) is 2.38. The third-order valence-electron chi connectivity index (χ3n) is 12.8. The maximum Gasteiger partial charge on any atom is 0.0465 e. The molecule has 2 aliphatic carbocycles. The van der Waals surface area contributed by atoms with Crippen molar-refractivity contribution in [3.05, 3.63) is 228 Å². The average molecular weight is 758 g/mol. The minimum Gasteiger partial charge on any atom is -0.310 e. The standard InChI is InChI=1S/C58H47N/c1-3-58(4-2)56-37-42(27-34-53(56)54-36-33-51(40-57(54)58)59(49-19-10-6-11-20-49)50-21-12-7-13-22-50)24-23-41-25-28-45(29-26-41)55-39-47(43-15-8-5-9-16-43)32-35-52(55)48-31-30-44-17-14-18-46(44)38-48/h5-17,19-40H,3-4,18H2,1-2H3/b24-23+. The summed E-state index contributed by atoms with van der Waals surface area (Å²) in [5.41, 5.74) is 21.6. The van der Waals surface area contributed by atoms with E-state index in [4.69, 9.17) is 0 Å². The quantitative estimate of drug-likeness (QED) is 0.126. The van der Waals surface area contributed by atoms with E-state index >= 15 is 0 Å². The summed E-state index contributed by atoms with van der Waals surface area (Å²) >= 11 is 0. The van der Waals surface area contributed by atoms with Gasteiger partial charge in [0.25, 0.3) is 0 Å². The molecule has 10 rings (SSSR count). The number of nitrogens with zero attached hydrogens (tertiary/aromatic N) is 1. The van der Waals surface area contributed by atoms with E-state index in [1.807, 2.05) is 0 Å². The second-order valence-electron chi connectivity index (χ2n) is 15.9. The van der Waals surface area contributed by atoms with Gasteiger partial charge in [0.15, 0.2) is 0 Å². The van der Waals surface area contributed by atoms with Crippen LogP contribution in [0.15, 0.2) is 194 Å². The van der Waals surface area contributed by atoms with E-state index in [0.29, 0.717) is 0 Å². The van der Waals surface area contributed by atoms with Crippen molar-refractivity contribution in [2.75, 3.05) is 4.90 Å². The maximum atomic E-state index is 2.46. The van der Waals surface area contributed by atoms with Gasteiger partial charge in [-0.15, -0.1) is 0 Å². The van der Waals surface area contributed by atoms with E-state index in [9.17, 15) is 0 Å². The van der Waals surface area contributed by atoms with Crippen LogP contribution in [0.3, 0.4) is 0 Å². The number of allylic oxidation sites excluding steroid dienone is 1. The smallest absolute Gasteiger partial charge is 0.0465 e. The summed E-state index contributed by atoms with van der Waals surface area (Å²) in [5.74, 6) is 0. The first-order valence-corrected chi connectivity index (χ1v) is 21.1. The third kappa shape index (κ3) is 6.63. The highest BCUT2D eigenvalue weighted by molar-refractivity contribution is 5.90. The molecule has 0 aromatic heterocycles. The van der Waals surface area contributed by atoms with E-state index in [2.05, 4.69) is 231 Å². The molecule has 0 spiro atoms. The highest BCUT2D eigenvalue weighted by Gasteiger charge is 2.41. The molecule has 0 saturated carbocycles. The zero-order chi connectivity index (χ0) is 39.8. The molecule has 1 nitrogen and oxygen atoms in total. The van der Waals surface area contributed by atoms with E-state index in [-0.39, 0.29) is 5.41 Å². The van der Waals surface area contributed by atoms with Crippen LogP contribution in [0.5, 0.6) is 0 Å². The lowest BCUT2D eigenvalue weighted by atomic mass is 9.73. The fourth-order valence-corrected chi connectivity index (χ4v) is 9.59. The van der Waals surface area contributed by atoms with Crippen molar-refractivity contribution >= 4 is 35.3 Å². The molecule has 8 aromatic carbocycles. The van der Waals surface area contributed by atoms with Crippen LogP contribution in [0.4, 0.5) is 17.1 Å². The first-order chi connectivity index (χ1) is 29.1. The summed E-state index contributed by atoms with van der Waals surface area (Å²) in [6.45, 7) is 4.71. The van der Waals surface area contributed by atoms with Gasteiger partial charge in [0.1, 0.15) is 0 Å². The molecule has 0 radical (unpaired) electrons. The molecule has 284 valence electrons. The molecule has 0 N–H and O–H groups in total. The lowest BCUT2D eigenvalue weighted by Gasteiger charge is -2.32. The van der Waals surface area contributed by atoms with Crippen LogP contribution in [0.1, 0.15) is 60.1 Å². The number of benzene rings is 8. The Morgan fingerprint density at radius 3 is 1.71 bits per heavy atom. The summed E-state index contributed by atoms with van der Waals surface area (Å²) in [5, 5.41) is 0. The van der Waals surface area contributed by atoms with Crippen LogP contribution >= 0.6 is 0 Å². The fraction of sp³-hybridized carbons (Fsp3) is 0.103. The molecule has 0 unspecified atom stereocenters. The Morgan fingerprint density at radius 1 is 0.441 bits per heavy atom. The Hall–Kier alpha value is -6.96. The highest BCUT2D eigenvalue weighted by Crippen LogP contribution is 2.54. The van der Waals surface area contributed by atoms with Gasteiger partial charge in [0.2, 0.25) is 0 Å². The van der Waals surface area contributed by atoms with Gasteiger partial charge in [-0.2, -0.15) is 0 Å². The van der Waals surface area contributed by atoms with Gasteiger partial charge < -0.3 is 4.90 Å². The van der Waals surface area contributed by atoms with Crippen LogP contribution in [-0.2, 0) is 11.8 Å². The number of para-hydroxylation sites is 2. The van der Waals surface area contributed by atoms with Gasteiger partial charge in [0, 0.05) is 22.5 Å². The van der Waals surface area contributed by atoms with E-state index < -0.39 is 0 Å². The number of hydrogen-bond donors (Lipinski definition) is 0. The first-order valence-electron chi connectivity index (χ1n) is 21.1. The summed E-state index contributed by atoms with van der Waals surface area (Å²) in [7, 11) is 0. The van der Waals surface area contributed by atoms with Gasteiger partial charge in [-0.3, -0.25) is 0 Å². The van der Waals surface area contributed by atoms with Crippen molar-refractivity contribution in [2.24, 2.45) is 0 Å². The number of anilines is 3. The van der Waals surface area contributed by atoms with Gasteiger partial charge in [-0.1, -0.05) is 184 Å². The van der Waals surface area contributed by atoms with Gasteiger partial charge >= 0.3 is 0 Å². The fourth-order valence-electron chi connectivity index (χ4n) is 9.59. The maximum absolute atomic E-state index is 2.46. The molecule has 1 heteroatoms. The van der Waals surface area contributed by atoms with E-state index in [1.165, 1.54) is 83.6 Å². The topological polar surface area (TPSA) is 3.24 Å². The Labute approximate surface area is 349 Å². The van der Waals surface area contributed by atoms with Crippen LogP contribution in [-0.4, -0.2) is 0 Å².